The van der Waals surface area contributed by atoms with E-state index in [4.69, 9.17) is 5.11 Å². The molecule has 6 rings (SSSR count). The molecule has 0 spiro atoms. The molecule has 1 aromatic heterocycles. The van der Waals surface area contributed by atoms with Gasteiger partial charge in [-0.15, -0.1) is 11.3 Å². The van der Waals surface area contributed by atoms with Crippen LogP contribution < -0.4 is 16.0 Å². The Labute approximate surface area is 336 Å². The molecule has 0 saturated carbocycles. The van der Waals surface area contributed by atoms with Crippen LogP contribution in [0.5, 0.6) is 0 Å². The highest BCUT2D eigenvalue weighted by Crippen LogP contribution is 2.39. The van der Waals surface area contributed by atoms with Gasteiger partial charge in [0.25, 0.3) is 11.8 Å². The average molecular weight is 800 g/mol. The van der Waals surface area contributed by atoms with Crippen LogP contribution in [0.1, 0.15) is 92.9 Å². The van der Waals surface area contributed by atoms with Gasteiger partial charge in [0.05, 0.1) is 5.56 Å². The van der Waals surface area contributed by atoms with Gasteiger partial charge in [0, 0.05) is 72.1 Å². The average Bonchev–Trinajstić information content (AvgIpc) is 3.55. The maximum Gasteiger partial charge on any atom is 0.317 e. The molecule has 10 nitrogen and oxygen atoms in total. The number of halogens is 2. The van der Waals surface area contributed by atoms with E-state index in [-0.39, 0.29) is 47.5 Å². The monoisotopic (exact) mass is 799 g/mol. The van der Waals surface area contributed by atoms with Gasteiger partial charge in [0.2, 0.25) is 0 Å². The second-order valence-corrected chi connectivity index (χ2v) is 16.5. The number of piperazine rings is 1. The van der Waals surface area contributed by atoms with Crippen molar-refractivity contribution >= 4 is 45.6 Å². The lowest BCUT2D eigenvalue weighted by Crippen LogP contribution is -2.61. The summed E-state index contributed by atoms with van der Waals surface area (Å²) in [6.07, 6.45) is 5.11. The number of thiophene rings is 1. The summed E-state index contributed by atoms with van der Waals surface area (Å²) in [6, 6.07) is 16.4. The van der Waals surface area contributed by atoms with Crippen molar-refractivity contribution in [1.29, 1.82) is 0 Å². The second kappa shape index (κ2) is 18.4. The number of carbonyl (C=O) groups excluding carboxylic acids is 3. The number of hydrogen-bond donors (Lipinski definition) is 5. The SMILES string of the molecule is C=C(O)c1ccc(CCc2c(F)cc(NC(=O)c3c(NC(=O)c4cccc(CN5CCN(C(=O)NCCCCO)CC5(C)C)c4)sc4c3CCCC4)cc2F)cc1. The summed E-state index contributed by atoms with van der Waals surface area (Å²) in [5.41, 5.74) is 3.49. The highest BCUT2D eigenvalue weighted by atomic mass is 32.1. The number of amides is 4. The number of urea groups is 1. The van der Waals surface area contributed by atoms with Crippen LogP contribution in [0.3, 0.4) is 0 Å². The first kappa shape index (κ1) is 41.5. The minimum absolute atomic E-state index is 0.0206. The summed E-state index contributed by atoms with van der Waals surface area (Å²) >= 11 is 1.37. The molecule has 57 heavy (non-hydrogen) atoms. The van der Waals surface area contributed by atoms with Gasteiger partial charge in [-0.2, -0.15) is 0 Å². The summed E-state index contributed by atoms with van der Waals surface area (Å²) in [5.74, 6) is -2.52. The topological polar surface area (TPSA) is 134 Å². The molecule has 0 radical (unpaired) electrons. The van der Waals surface area contributed by atoms with Crippen LogP contribution in [-0.4, -0.2) is 76.2 Å². The molecule has 13 heteroatoms. The van der Waals surface area contributed by atoms with E-state index >= 15 is 8.78 Å². The normalized spacial score (nSPS) is 15.1. The minimum Gasteiger partial charge on any atom is -0.508 e. The molecule has 1 saturated heterocycles. The first-order chi connectivity index (χ1) is 27.3. The molecule has 4 aromatic rings. The third-order valence-corrected chi connectivity index (χ3v) is 12.0. The van der Waals surface area contributed by atoms with Crippen molar-refractivity contribution in [2.24, 2.45) is 0 Å². The van der Waals surface area contributed by atoms with E-state index in [2.05, 4.69) is 41.3 Å². The molecular formula is C44H51F2N5O5S. The van der Waals surface area contributed by atoms with Gasteiger partial charge < -0.3 is 31.1 Å². The van der Waals surface area contributed by atoms with Crippen molar-refractivity contribution in [1.82, 2.24) is 15.1 Å². The number of carbonyl (C=O) groups is 3. The lowest BCUT2D eigenvalue weighted by Gasteiger charge is -2.47. The molecule has 0 unspecified atom stereocenters. The first-order valence-electron chi connectivity index (χ1n) is 19.5. The first-order valence-corrected chi connectivity index (χ1v) is 20.3. The van der Waals surface area contributed by atoms with Crippen LogP contribution in [0.4, 0.5) is 24.3 Å². The predicted octanol–water partition coefficient (Wildman–Crippen LogP) is 8.10. The molecule has 4 amide bonds. The number of benzene rings is 3. The molecule has 0 atom stereocenters. The molecule has 5 N–H and O–H groups in total. The summed E-state index contributed by atoms with van der Waals surface area (Å²) in [7, 11) is 0. The fourth-order valence-corrected chi connectivity index (χ4v) is 8.82. The standard InChI is InChI=1S/C44H51F2N5O5S/c1-28(53)31-16-13-29(14-17-31)15-18-34-36(45)24-33(25-37(34)46)48-41(55)39-35-11-4-5-12-38(35)57-42(39)49-40(54)32-10-8-9-30(23-32)26-51-21-20-50(27-44(51,2)3)43(56)47-19-6-7-22-52/h8-10,13-14,16-17,23-25,52-53H,1,4-7,11-12,15,18-22,26-27H2,2-3H3,(H,47,56)(H,48,55)(H,49,54). The number of nitrogens with one attached hydrogen (secondary N) is 3. The largest absolute Gasteiger partial charge is 0.508 e. The number of aliphatic hydroxyl groups is 2. The van der Waals surface area contributed by atoms with Crippen molar-refractivity contribution in [3.63, 3.8) is 0 Å². The summed E-state index contributed by atoms with van der Waals surface area (Å²) in [5, 5.41) is 27.6. The van der Waals surface area contributed by atoms with Crippen molar-refractivity contribution in [2.45, 2.75) is 77.3 Å². The molecule has 3 aromatic carbocycles. The van der Waals surface area contributed by atoms with Crippen molar-refractivity contribution in [3.05, 3.63) is 123 Å². The van der Waals surface area contributed by atoms with Crippen LogP contribution >= 0.6 is 11.3 Å². The zero-order valence-corrected chi connectivity index (χ0v) is 33.4. The van der Waals surface area contributed by atoms with Crippen molar-refractivity contribution in [2.75, 3.05) is 43.4 Å². The maximum absolute atomic E-state index is 15.3. The Bertz CT molecular complexity index is 2090. The van der Waals surface area contributed by atoms with Crippen molar-refractivity contribution in [3.8, 4) is 0 Å². The fraction of sp³-hybridized carbons (Fsp3) is 0.386. The van der Waals surface area contributed by atoms with Crippen LogP contribution in [0, 0.1) is 11.6 Å². The molecule has 2 heterocycles. The lowest BCUT2D eigenvalue weighted by molar-refractivity contribution is 0.0297. The Kier molecular flexibility index (Phi) is 13.4. The van der Waals surface area contributed by atoms with Gasteiger partial charge in [-0.1, -0.05) is 43.0 Å². The predicted molar refractivity (Wildman–Crippen MR) is 221 cm³/mol. The summed E-state index contributed by atoms with van der Waals surface area (Å²) in [6.45, 7) is 10.6. The summed E-state index contributed by atoms with van der Waals surface area (Å²) < 4.78 is 30.6. The number of rotatable bonds is 14. The summed E-state index contributed by atoms with van der Waals surface area (Å²) in [4.78, 5) is 45.6. The maximum atomic E-state index is 15.3. The van der Waals surface area contributed by atoms with Gasteiger partial charge in [-0.3, -0.25) is 14.5 Å². The van der Waals surface area contributed by atoms with Crippen LogP contribution in [0.2, 0.25) is 0 Å². The van der Waals surface area contributed by atoms with E-state index in [9.17, 15) is 19.5 Å². The number of aliphatic hydroxyl groups excluding tert-OH is 2. The minimum atomic E-state index is -0.771. The third kappa shape index (κ3) is 10.3. The lowest BCUT2D eigenvalue weighted by atomic mass is 9.95. The van der Waals surface area contributed by atoms with Gasteiger partial charge in [-0.05, 0) is 106 Å². The number of aryl methyl sites for hydroxylation is 2. The second-order valence-electron chi connectivity index (χ2n) is 15.4. The van der Waals surface area contributed by atoms with E-state index in [1.807, 2.05) is 23.1 Å². The quantitative estimate of drug-likeness (QED) is 0.0647. The Hall–Kier alpha value is -5.11. The smallest absolute Gasteiger partial charge is 0.317 e. The Balaban J connectivity index is 1.12. The Morgan fingerprint density at radius 3 is 2.32 bits per heavy atom. The molecule has 1 aliphatic carbocycles. The zero-order chi connectivity index (χ0) is 40.7. The molecule has 1 fully saturated rings. The van der Waals surface area contributed by atoms with Gasteiger partial charge in [0.15, 0.2) is 0 Å². The van der Waals surface area contributed by atoms with Gasteiger partial charge in [0.1, 0.15) is 22.4 Å². The van der Waals surface area contributed by atoms with E-state index in [1.54, 1.807) is 30.3 Å². The number of anilines is 2. The number of hydrogen-bond acceptors (Lipinski definition) is 7. The fourth-order valence-electron chi connectivity index (χ4n) is 7.54. The number of unbranched alkanes of at least 4 members (excludes halogenated alkanes) is 1. The Morgan fingerprint density at radius 1 is 0.877 bits per heavy atom. The van der Waals surface area contributed by atoms with E-state index < -0.39 is 17.5 Å². The molecule has 2 aliphatic rings. The van der Waals surface area contributed by atoms with Gasteiger partial charge >= 0.3 is 6.03 Å². The zero-order valence-electron chi connectivity index (χ0n) is 32.6. The van der Waals surface area contributed by atoms with E-state index in [0.29, 0.717) is 73.7 Å². The Morgan fingerprint density at radius 2 is 1.61 bits per heavy atom. The van der Waals surface area contributed by atoms with Crippen LogP contribution in [-0.2, 0) is 32.2 Å². The highest BCUT2D eigenvalue weighted by Gasteiger charge is 2.35. The van der Waals surface area contributed by atoms with Gasteiger partial charge in [-0.25, -0.2) is 13.6 Å². The molecular weight excluding hydrogens is 749 g/mol. The van der Waals surface area contributed by atoms with Crippen LogP contribution in [0.15, 0.2) is 67.2 Å². The third-order valence-electron chi connectivity index (χ3n) is 10.8. The number of nitrogens with zero attached hydrogens (tertiary/aromatic N) is 2. The van der Waals surface area contributed by atoms with Crippen molar-refractivity contribution < 1.29 is 33.4 Å². The van der Waals surface area contributed by atoms with Crippen LogP contribution in [0.25, 0.3) is 5.76 Å². The highest BCUT2D eigenvalue weighted by molar-refractivity contribution is 7.17. The molecule has 0 bridgehead atoms. The van der Waals surface area contributed by atoms with E-state index in [0.717, 1.165) is 59.4 Å². The number of fused-ring (bicyclic) bond motifs is 1. The molecule has 1 aliphatic heterocycles. The molecule has 302 valence electrons. The van der Waals surface area contributed by atoms with E-state index in [1.165, 1.54) is 11.3 Å².